The first kappa shape index (κ1) is 14.4. The molecule has 0 aliphatic carbocycles. The summed E-state index contributed by atoms with van der Waals surface area (Å²) in [6, 6.07) is 7.16. The van der Waals surface area contributed by atoms with Gasteiger partial charge in [-0.3, -0.25) is 0 Å². The number of rotatable bonds is 5. The van der Waals surface area contributed by atoms with Crippen molar-refractivity contribution in [3.63, 3.8) is 0 Å². The number of benzene rings is 1. The number of hydrogen-bond donors (Lipinski definition) is 1. The molecule has 0 bridgehead atoms. The van der Waals surface area contributed by atoms with Gasteiger partial charge in [-0.1, -0.05) is 25.1 Å². The maximum atomic E-state index is 12.6. The molecule has 1 unspecified atom stereocenters. The number of hydrogen-bond acceptors (Lipinski definition) is 2. The number of nitrogens with one attached hydrogen (secondary N) is 1. The Kier molecular flexibility index (Phi) is 5.28. The zero-order valence-electron chi connectivity index (χ0n) is 11.4. The minimum Gasteiger partial charge on any atom is -0.309 e. The monoisotopic (exact) mass is 268 g/mol. The van der Waals surface area contributed by atoms with E-state index in [0.717, 1.165) is 18.7 Å². The summed E-state index contributed by atoms with van der Waals surface area (Å²) >= 11 is 0. The van der Waals surface area contributed by atoms with E-state index in [1.807, 2.05) is 6.07 Å². The summed E-state index contributed by atoms with van der Waals surface area (Å²) < 4.78 is 25.2. The van der Waals surface area contributed by atoms with Gasteiger partial charge >= 0.3 is 0 Å². The molecular weight excluding hydrogens is 246 g/mol. The van der Waals surface area contributed by atoms with Gasteiger partial charge in [0, 0.05) is 24.7 Å². The fourth-order valence-corrected chi connectivity index (χ4v) is 2.61. The largest absolute Gasteiger partial charge is 0.309 e. The first-order valence-corrected chi connectivity index (χ1v) is 7.01. The first-order valence-electron chi connectivity index (χ1n) is 7.01. The number of likely N-dealkylation sites (N-methyl/N-ethyl adjacent to an activating group) is 1. The molecule has 1 saturated heterocycles. The minimum absolute atomic E-state index is 0.109. The molecule has 2 rings (SSSR count). The number of piperidine rings is 1. The van der Waals surface area contributed by atoms with Crippen LogP contribution in [0.2, 0.25) is 0 Å². The van der Waals surface area contributed by atoms with Gasteiger partial charge in [0.1, 0.15) is 0 Å². The normalized spacial score (nSPS) is 20.9. The number of halogens is 2. The standard InChI is InChI=1S/C15H22F2N2/c1-2-19-8-4-7-14(11-19)18-10-12-5-3-6-13(9-12)15(16)17/h3,5-6,9,14-15,18H,2,4,7-8,10-11H2,1H3. The van der Waals surface area contributed by atoms with Gasteiger partial charge in [0.2, 0.25) is 0 Å². The highest BCUT2D eigenvalue weighted by Gasteiger charge is 2.18. The molecule has 4 heteroatoms. The van der Waals surface area contributed by atoms with E-state index in [1.54, 1.807) is 12.1 Å². The van der Waals surface area contributed by atoms with Crippen molar-refractivity contribution < 1.29 is 8.78 Å². The summed E-state index contributed by atoms with van der Waals surface area (Å²) in [5.41, 5.74) is 1.05. The van der Waals surface area contributed by atoms with Crippen molar-refractivity contribution in [2.45, 2.75) is 38.8 Å². The highest BCUT2D eigenvalue weighted by Crippen LogP contribution is 2.19. The van der Waals surface area contributed by atoms with Gasteiger partial charge in [-0.25, -0.2) is 8.78 Å². The molecule has 0 spiro atoms. The van der Waals surface area contributed by atoms with Crippen molar-refractivity contribution >= 4 is 0 Å². The van der Waals surface area contributed by atoms with E-state index < -0.39 is 6.43 Å². The molecule has 2 nitrogen and oxygen atoms in total. The quantitative estimate of drug-likeness (QED) is 0.882. The fourth-order valence-electron chi connectivity index (χ4n) is 2.61. The molecule has 1 atom stereocenters. The van der Waals surface area contributed by atoms with E-state index in [0.29, 0.717) is 12.6 Å². The van der Waals surface area contributed by atoms with Crippen molar-refractivity contribution in [1.29, 1.82) is 0 Å². The van der Waals surface area contributed by atoms with Crippen LogP contribution in [0.4, 0.5) is 8.78 Å². The van der Waals surface area contributed by atoms with E-state index in [4.69, 9.17) is 0 Å². The second-order valence-corrected chi connectivity index (χ2v) is 5.16. The molecule has 0 aromatic heterocycles. The van der Waals surface area contributed by atoms with Gasteiger partial charge in [0.15, 0.2) is 0 Å². The fraction of sp³-hybridized carbons (Fsp3) is 0.600. The van der Waals surface area contributed by atoms with E-state index >= 15 is 0 Å². The van der Waals surface area contributed by atoms with Crippen LogP contribution in [0.3, 0.4) is 0 Å². The molecule has 106 valence electrons. The SMILES string of the molecule is CCN1CCCC(NCc2cccc(C(F)F)c2)C1. The van der Waals surface area contributed by atoms with Crippen molar-refractivity contribution in [3.05, 3.63) is 35.4 Å². The lowest BCUT2D eigenvalue weighted by Crippen LogP contribution is -2.45. The molecule has 1 N–H and O–H groups in total. The van der Waals surface area contributed by atoms with E-state index in [1.165, 1.54) is 25.5 Å². The summed E-state index contributed by atoms with van der Waals surface area (Å²) in [4.78, 5) is 2.43. The molecule has 1 aromatic carbocycles. The van der Waals surface area contributed by atoms with Crippen LogP contribution in [0.1, 0.15) is 37.3 Å². The van der Waals surface area contributed by atoms with Gasteiger partial charge in [-0.05, 0) is 37.6 Å². The van der Waals surface area contributed by atoms with Crippen molar-refractivity contribution in [2.75, 3.05) is 19.6 Å². The summed E-state index contributed by atoms with van der Waals surface area (Å²) in [5.74, 6) is 0. The van der Waals surface area contributed by atoms with Crippen LogP contribution in [0.25, 0.3) is 0 Å². The molecule has 0 saturated carbocycles. The second kappa shape index (κ2) is 6.96. The van der Waals surface area contributed by atoms with E-state index in [-0.39, 0.29) is 5.56 Å². The number of nitrogens with zero attached hydrogens (tertiary/aromatic N) is 1. The first-order chi connectivity index (χ1) is 9.19. The van der Waals surface area contributed by atoms with E-state index in [9.17, 15) is 8.78 Å². The smallest absolute Gasteiger partial charge is 0.263 e. The van der Waals surface area contributed by atoms with E-state index in [2.05, 4.69) is 17.1 Å². The third-order valence-corrected chi connectivity index (χ3v) is 3.75. The van der Waals surface area contributed by atoms with Crippen LogP contribution in [0, 0.1) is 0 Å². The Hall–Kier alpha value is -1.00. The van der Waals surface area contributed by atoms with Crippen LogP contribution in [-0.2, 0) is 6.54 Å². The lowest BCUT2D eigenvalue weighted by molar-refractivity contribution is 0.151. The Morgan fingerprint density at radius 3 is 3.00 bits per heavy atom. The lowest BCUT2D eigenvalue weighted by atomic mass is 10.0. The number of likely N-dealkylation sites (tertiary alicyclic amines) is 1. The zero-order valence-corrected chi connectivity index (χ0v) is 11.4. The van der Waals surface area contributed by atoms with Crippen LogP contribution >= 0.6 is 0 Å². The van der Waals surface area contributed by atoms with Gasteiger partial charge in [-0.15, -0.1) is 0 Å². The molecule has 1 heterocycles. The Balaban J connectivity index is 1.86. The van der Waals surface area contributed by atoms with Crippen LogP contribution in [-0.4, -0.2) is 30.6 Å². The van der Waals surface area contributed by atoms with Crippen molar-refractivity contribution in [1.82, 2.24) is 10.2 Å². The van der Waals surface area contributed by atoms with Crippen molar-refractivity contribution in [2.24, 2.45) is 0 Å². The minimum atomic E-state index is -2.38. The lowest BCUT2D eigenvalue weighted by Gasteiger charge is -2.32. The maximum Gasteiger partial charge on any atom is 0.263 e. The van der Waals surface area contributed by atoms with Gasteiger partial charge < -0.3 is 10.2 Å². The summed E-state index contributed by atoms with van der Waals surface area (Å²) in [6.07, 6.45) is -0.00150. The molecule has 0 radical (unpaired) electrons. The zero-order chi connectivity index (χ0) is 13.7. The van der Waals surface area contributed by atoms with Gasteiger partial charge in [-0.2, -0.15) is 0 Å². The van der Waals surface area contributed by atoms with Crippen LogP contribution in [0.15, 0.2) is 24.3 Å². The molecule has 1 aliphatic heterocycles. The Bertz CT molecular complexity index is 395. The predicted molar refractivity (Wildman–Crippen MR) is 73.4 cm³/mol. The van der Waals surface area contributed by atoms with Gasteiger partial charge in [0.25, 0.3) is 6.43 Å². The highest BCUT2D eigenvalue weighted by molar-refractivity contribution is 5.24. The Labute approximate surface area is 113 Å². The molecule has 1 aliphatic rings. The van der Waals surface area contributed by atoms with Crippen molar-refractivity contribution in [3.8, 4) is 0 Å². The highest BCUT2D eigenvalue weighted by atomic mass is 19.3. The molecule has 1 fully saturated rings. The topological polar surface area (TPSA) is 15.3 Å². The molecule has 19 heavy (non-hydrogen) atoms. The summed E-state index contributed by atoms with van der Waals surface area (Å²) in [7, 11) is 0. The Morgan fingerprint density at radius 1 is 1.42 bits per heavy atom. The number of alkyl halides is 2. The summed E-state index contributed by atoms with van der Waals surface area (Å²) in [5, 5.41) is 3.48. The molecular formula is C15H22F2N2. The average Bonchev–Trinajstić information content (AvgIpc) is 2.45. The van der Waals surface area contributed by atoms with Gasteiger partial charge in [0.05, 0.1) is 0 Å². The predicted octanol–water partition coefficient (Wildman–Crippen LogP) is 3.20. The summed E-state index contributed by atoms with van der Waals surface area (Å²) in [6.45, 7) is 6.16. The van der Waals surface area contributed by atoms with Crippen LogP contribution < -0.4 is 5.32 Å². The second-order valence-electron chi connectivity index (χ2n) is 5.16. The third-order valence-electron chi connectivity index (χ3n) is 3.75. The average molecular weight is 268 g/mol. The molecule has 0 amide bonds. The maximum absolute atomic E-state index is 12.6. The molecule has 1 aromatic rings. The third kappa shape index (κ3) is 4.25. The van der Waals surface area contributed by atoms with Crippen LogP contribution in [0.5, 0.6) is 0 Å². The Morgan fingerprint density at radius 2 is 2.26 bits per heavy atom.